The predicted molar refractivity (Wildman–Crippen MR) is 66.0 cm³/mol. The molecule has 3 nitrogen and oxygen atoms in total. The van der Waals surface area contributed by atoms with Crippen molar-refractivity contribution >= 4 is 17.4 Å². The highest BCUT2D eigenvalue weighted by atomic mass is 35.5. The molecule has 4 heteroatoms. The number of hydrogen-bond acceptors (Lipinski definition) is 3. The van der Waals surface area contributed by atoms with Crippen LogP contribution >= 0.6 is 11.6 Å². The van der Waals surface area contributed by atoms with Gasteiger partial charge in [0.2, 0.25) is 0 Å². The highest BCUT2D eigenvalue weighted by molar-refractivity contribution is 6.17. The number of anilines is 1. The van der Waals surface area contributed by atoms with Crippen LogP contribution < -0.4 is 4.90 Å². The molecule has 88 valence electrons. The average Bonchev–Trinajstić information content (AvgIpc) is 2.27. The molecule has 0 spiro atoms. The Balaban J connectivity index is 2.22. The van der Waals surface area contributed by atoms with E-state index in [1.165, 1.54) is 0 Å². The summed E-state index contributed by atoms with van der Waals surface area (Å²) >= 11 is 5.93. The lowest BCUT2D eigenvalue weighted by Crippen LogP contribution is -2.46. The molecule has 0 amide bonds. The molecule has 2 atom stereocenters. The second-order valence-electron chi connectivity index (χ2n) is 4.28. The zero-order valence-electron chi connectivity index (χ0n) is 9.69. The number of nitrogens with zero attached hydrogens (tertiary/aromatic N) is 2. The third-order valence-corrected chi connectivity index (χ3v) is 3.02. The van der Waals surface area contributed by atoms with E-state index < -0.39 is 0 Å². The summed E-state index contributed by atoms with van der Waals surface area (Å²) in [6.45, 7) is 5.94. The molecule has 0 saturated carbocycles. The predicted octanol–water partition coefficient (Wildman–Crippen LogP) is 2.43. The largest absolute Gasteiger partial charge is 0.372 e. The van der Waals surface area contributed by atoms with E-state index in [1.54, 1.807) is 0 Å². The summed E-state index contributed by atoms with van der Waals surface area (Å²) in [5, 5.41) is 0. The van der Waals surface area contributed by atoms with Crippen molar-refractivity contribution in [1.82, 2.24) is 4.98 Å². The first kappa shape index (κ1) is 11.7. The molecule has 0 bridgehead atoms. The van der Waals surface area contributed by atoms with E-state index in [4.69, 9.17) is 16.3 Å². The fraction of sp³-hybridized carbons (Fsp3) is 0.583. The normalized spacial score (nSPS) is 25.8. The maximum Gasteiger partial charge on any atom is 0.133 e. The molecule has 1 aliphatic rings. The van der Waals surface area contributed by atoms with Crippen LogP contribution in [0.3, 0.4) is 0 Å². The minimum atomic E-state index is 0.244. The van der Waals surface area contributed by atoms with Crippen LogP contribution in [0.15, 0.2) is 18.3 Å². The molecular weight excluding hydrogens is 224 g/mol. The van der Waals surface area contributed by atoms with Crippen LogP contribution in [0.5, 0.6) is 0 Å². The van der Waals surface area contributed by atoms with Gasteiger partial charge in [0.25, 0.3) is 0 Å². The van der Waals surface area contributed by atoms with Gasteiger partial charge in [0.1, 0.15) is 5.82 Å². The van der Waals surface area contributed by atoms with Crippen LogP contribution in [0, 0.1) is 0 Å². The van der Waals surface area contributed by atoms with Crippen molar-refractivity contribution < 1.29 is 4.74 Å². The Hall–Kier alpha value is -0.800. The Labute approximate surface area is 101 Å². The third kappa shape index (κ3) is 2.47. The Bertz CT molecular complexity index is 349. The van der Waals surface area contributed by atoms with Crippen LogP contribution in [0.4, 0.5) is 5.82 Å². The van der Waals surface area contributed by atoms with Crippen molar-refractivity contribution in [3.63, 3.8) is 0 Å². The summed E-state index contributed by atoms with van der Waals surface area (Å²) in [5.41, 5.74) is 1.09. The summed E-state index contributed by atoms with van der Waals surface area (Å²) in [6.07, 6.45) is 2.30. The zero-order valence-corrected chi connectivity index (χ0v) is 10.4. The van der Waals surface area contributed by atoms with Gasteiger partial charge in [-0.3, -0.25) is 0 Å². The van der Waals surface area contributed by atoms with Gasteiger partial charge in [-0.1, -0.05) is 6.07 Å². The van der Waals surface area contributed by atoms with Gasteiger partial charge in [-0.15, -0.1) is 11.6 Å². The molecule has 1 aliphatic heterocycles. The Morgan fingerprint density at radius 3 is 2.75 bits per heavy atom. The molecule has 16 heavy (non-hydrogen) atoms. The van der Waals surface area contributed by atoms with Gasteiger partial charge in [0, 0.05) is 24.8 Å². The van der Waals surface area contributed by atoms with E-state index in [0.29, 0.717) is 5.88 Å². The molecule has 0 aliphatic carbocycles. The van der Waals surface area contributed by atoms with Gasteiger partial charge in [-0.05, 0) is 19.9 Å². The van der Waals surface area contributed by atoms with Crippen molar-refractivity contribution in [2.75, 3.05) is 18.0 Å². The van der Waals surface area contributed by atoms with E-state index >= 15 is 0 Å². The first-order chi connectivity index (χ1) is 7.70. The van der Waals surface area contributed by atoms with E-state index in [9.17, 15) is 0 Å². The van der Waals surface area contributed by atoms with Gasteiger partial charge < -0.3 is 9.64 Å². The molecule has 0 N–H and O–H groups in total. The number of aromatic nitrogens is 1. The summed E-state index contributed by atoms with van der Waals surface area (Å²) in [4.78, 5) is 6.69. The van der Waals surface area contributed by atoms with Gasteiger partial charge in [0.15, 0.2) is 0 Å². The van der Waals surface area contributed by atoms with Crippen LogP contribution in [-0.4, -0.2) is 30.3 Å². The standard InChI is InChI=1S/C12H17ClN2O/c1-9-7-15(8-10(2)16-9)12-11(6-13)4-3-5-14-12/h3-5,9-10H,6-8H2,1-2H3. The zero-order chi connectivity index (χ0) is 11.5. The minimum absolute atomic E-state index is 0.244. The summed E-state index contributed by atoms with van der Waals surface area (Å²) in [7, 11) is 0. The lowest BCUT2D eigenvalue weighted by molar-refractivity contribution is -0.00549. The molecule has 2 rings (SSSR count). The fourth-order valence-electron chi connectivity index (χ4n) is 2.17. The van der Waals surface area contributed by atoms with E-state index in [2.05, 4.69) is 23.7 Å². The first-order valence-corrected chi connectivity index (χ1v) is 6.14. The summed E-state index contributed by atoms with van der Waals surface area (Å²) < 4.78 is 5.71. The van der Waals surface area contributed by atoms with Gasteiger partial charge in [-0.2, -0.15) is 0 Å². The molecule has 2 heterocycles. The Kier molecular flexibility index (Phi) is 3.66. The van der Waals surface area contributed by atoms with Crippen molar-refractivity contribution in [3.8, 4) is 0 Å². The Morgan fingerprint density at radius 1 is 1.44 bits per heavy atom. The molecule has 1 fully saturated rings. The molecule has 1 aromatic rings. The molecular formula is C12H17ClN2O. The number of morpholine rings is 1. The van der Waals surface area contributed by atoms with Gasteiger partial charge >= 0.3 is 0 Å². The van der Waals surface area contributed by atoms with Crippen LogP contribution in [0.1, 0.15) is 19.4 Å². The highest BCUT2D eigenvalue weighted by Gasteiger charge is 2.24. The molecule has 0 radical (unpaired) electrons. The molecule has 1 saturated heterocycles. The van der Waals surface area contributed by atoms with Crippen molar-refractivity contribution in [2.45, 2.75) is 31.9 Å². The van der Waals surface area contributed by atoms with Crippen LogP contribution in [0.25, 0.3) is 0 Å². The molecule has 1 aromatic heterocycles. The number of halogens is 1. The maximum atomic E-state index is 5.93. The topological polar surface area (TPSA) is 25.4 Å². The lowest BCUT2D eigenvalue weighted by Gasteiger charge is -2.36. The van der Waals surface area contributed by atoms with Gasteiger partial charge in [-0.25, -0.2) is 4.98 Å². The first-order valence-electron chi connectivity index (χ1n) is 5.61. The van der Waals surface area contributed by atoms with E-state index in [0.717, 1.165) is 24.5 Å². The monoisotopic (exact) mass is 240 g/mol. The van der Waals surface area contributed by atoms with E-state index in [1.807, 2.05) is 18.3 Å². The molecule has 2 unspecified atom stereocenters. The summed E-state index contributed by atoms with van der Waals surface area (Å²) in [5.74, 6) is 1.50. The SMILES string of the molecule is CC1CN(c2ncccc2CCl)CC(C)O1. The van der Waals surface area contributed by atoms with Gasteiger partial charge in [0.05, 0.1) is 18.1 Å². The third-order valence-electron chi connectivity index (χ3n) is 2.73. The average molecular weight is 241 g/mol. The van der Waals surface area contributed by atoms with Crippen molar-refractivity contribution in [2.24, 2.45) is 0 Å². The summed E-state index contributed by atoms with van der Waals surface area (Å²) in [6, 6.07) is 3.95. The number of hydrogen-bond donors (Lipinski definition) is 0. The lowest BCUT2D eigenvalue weighted by atomic mass is 10.2. The smallest absolute Gasteiger partial charge is 0.133 e. The minimum Gasteiger partial charge on any atom is -0.372 e. The number of rotatable bonds is 2. The Morgan fingerprint density at radius 2 is 2.12 bits per heavy atom. The quantitative estimate of drug-likeness (QED) is 0.743. The van der Waals surface area contributed by atoms with Crippen LogP contribution in [-0.2, 0) is 10.6 Å². The number of alkyl halides is 1. The fourth-order valence-corrected chi connectivity index (χ4v) is 2.38. The van der Waals surface area contributed by atoms with Crippen LogP contribution in [0.2, 0.25) is 0 Å². The second-order valence-corrected chi connectivity index (χ2v) is 4.55. The number of pyridine rings is 1. The van der Waals surface area contributed by atoms with E-state index in [-0.39, 0.29) is 12.2 Å². The van der Waals surface area contributed by atoms with Crippen molar-refractivity contribution in [1.29, 1.82) is 0 Å². The highest BCUT2D eigenvalue weighted by Crippen LogP contribution is 2.23. The maximum absolute atomic E-state index is 5.93. The molecule has 0 aromatic carbocycles. The second kappa shape index (κ2) is 5.02. The van der Waals surface area contributed by atoms with Crippen molar-refractivity contribution in [3.05, 3.63) is 23.9 Å². The number of ether oxygens (including phenoxy) is 1.